The lowest BCUT2D eigenvalue weighted by Crippen LogP contribution is -2.23. The molecule has 27 heavy (non-hydrogen) atoms. The number of esters is 1. The maximum Gasteiger partial charge on any atom is 0.341 e. The minimum absolute atomic E-state index is 0.0952. The van der Waals surface area contributed by atoms with Crippen molar-refractivity contribution in [2.24, 2.45) is 0 Å². The van der Waals surface area contributed by atoms with Crippen LogP contribution in [0.1, 0.15) is 52.5 Å². The molecule has 2 aromatic rings. The predicted molar refractivity (Wildman–Crippen MR) is 112 cm³/mol. The minimum atomic E-state index is -0.358. The fraction of sp³-hybridized carbons (Fsp3) is 0.429. The number of fused-ring (bicyclic) bond motifs is 1. The predicted octanol–water partition coefficient (Wildman–Crippen LogP) is 5.23. The minimum Gasteiger partial charge on any atom is -0.465 e. The molecule has 1 amide bonds. The number of amides is 1. The van der Waals surface area contributed by atoms with Crippen LogP contribution in [0.4, 0.5) is 5.00 Å². The number of anilines is 1. The fourth-order valence-corrected chi connectivity index (χ4v) is 5.38. The van der Waals surface area contributed by atoms with Crippen LogP contribution < -0.4 is 5.32 Å². The first kappa shape index (κ1) is 20.0. The van der Waals surface area contributed by atoms with E-state index in [0.717, 1.165) is 36.1 Å². The zero-order valence-corrected chi connectivity index (χ0v) is 17.6. The second kappa shape index (κ2) is 8.93. The molecule has 1 unspecified atom stereocenters. The molecular weight excluding hydrogens is 378 g/mol. The number of carbonyl (C=O) groups excluding carboxylic acids is 2. The molecule has 0 aliphatic heterocycles. The van der Waals surface area contributed by atoms with Crippen molar-refractivity contribution >= 4 is 40.0 Å². The zero-order chi connectivity index (χ0) is 19.4. The average Bonchev–Trinajstić information content (AvgIpc) is 2.83. The molecule has 4 nitrogen and oxygen atoms in total. The maximum atomic E-state index is 12.8. The Morgan fingerprint density at radius 1 is 1.15 bits per heavy atom. The molecule has 1 aliphatic carbocycles. The number of thioether (sulfide) groups is 1. The molecule has 0 bridgehead atoms. The highest BCUT2D eigenvalue weighted by molar-refractivity contribution is 8.00. The highest BCUT2D eigenvalue weighted by atomic mass is 32.2. The van der Waals surface area contributed by atoms with Crippen molar-refractivity contribution in [3.05, 3.63) is 45.8 Å². The molecular formula is C21H25NO3S2. The number of hydrogen-bond acceptors (Lipinski definition) is 5. The molecule has 1 N–H and O–H groups in total. The zero-order valence-electron chi connectivity index (χ0n) is 16.0. The monoisotopic (exact) mass is 403 g/mol. The second-order valence-corrected chi connectivity index (χ2v) is 9.34. The van der Waals surface area contributed by atoms with Crippen molar-refractivity contribution in [3.63, 3.8) is 0 Å². The van der Waals surface area contributed by atoms with Gasteiger partial charge in [0.15, 0.2) is 0 Å². The van der Waals surface area contributed by atoms with Crippen LogP contribution in [0.3, 0.4) is 0 Å². The van der Waals surface area contributed by atoms with Gasteiger partial charge in [0.05, 0.1) is 17.9 Å². The summed E-state index contributed by atoms with van der Waals surface area (Å²) in [5.74, 6) is -0.453. The smallest absolute Gasteiger partial charge is 0.341 e. The number of rotatable bonds is 5. The van der Waals surface area contributed by atoms with Crippen molar-refractivity contribution in [1.82, 2.24) is 0 Å². The summed E-state index contributed by atoms with van der Waals surface area (Å²) in [6.07, 6.45) is 5.21. The van der Waals surface area contributed by atoms with Crippen LogP contribution in [0.25, 0.3) is 0 Å². The Morgan fingerprint density at radius 3 is 2.56 bits per heavy atom. The van der Waals surface area contributed by atoms with Crippen LogP contribution in [0.5, 0.6) is 0 Å². The maximum absolute atomic E-state index is 12.8. The van der Waals surface area contributed by atoms with Gasteiger partial charge in [0.1, 0.15) is 5.00 Å². The van der Waals surface area contributed by atoms with Gasteiger partial charge in [-0.25, -0.2) is 4.79 Å². The van der Waals surface area contributed by atoms with Gasteiger partial charge >= 0.3 is 5.97 Å². The number of ether oxygens (including phenoxy) is 1. The van der Waals surface area contributed by atoms with Crippen molar-refractivity contribution < 1.29 is 14.3 Å². The molecule has 6 heteroatoms. The highest BCUT2D eigenvalue weighted by Gasteiger charge is 2.27. The second-order valence-electron chi connectivity index (χ2n) is 6.82. The standard InChI is InChI=1S/C21H25NO3S2/c1-13-9-11-15(12-10-13)26-14(2)19(23)22-20-18(21(24)25-3)16-7-5-4-6-8-17(16)27-20/h9-12,14H,4-8H2,1-3H3,(H,22,23). The Kier molecular flexibility index (Phi) is 6.60. The van der Waals surface area contributed by atoms with Crippen molar-refractivity contribution in [1.29, 1.82) is 0 Å². The highest BCUT2D eigenvalue weighted by Crippen LogP contribution is 2.38. The normalized spacial score (nSPS) is 14.8. The molecule has 1 aromatic heterocycles. The molecule has 0 radical (unpaired) electrons. The van der Waals surface area contributed by atoms with E-state index >= 15 is 0 Å². The molecule has 1 atom stereocenters. The first-order valence-corrected chi connectivity index (χ1v) is 11.0. The topological polar surface area (TPSA) is 55.4 Å². The summed E-state index contributed by atoms with van der Waals surface area (Å²) in [4.78, 5) is 27.4. The number of methoxy groups -OCH3 is 1. The van der Waals surface area contributed by atoms with E-state index in [0.29, 0.717) is 10.6 Å². The van der Waals surface area contributed by atoms with E-state index in [9.17, 15) is 9.59 Å². The summed E-state index contributed by atoms with van der Waals surface area (Å²) in [5, 5.41) is 3.36. The summed E-state index contributed by atoms with van der Waals surface area (Å²) >= 11 is 3.05. The van der Waals surface area contributed by atoms with Gasteiger partial charge < -0.3 is 10.1 Å². The van der Waals surface area contributed by atoms with E-state index in [2.05, 4.69) is 5.32 Å². The first-order chi connectivity index (χ1) is 13.0. The molecule has 0 saturated heterocycles. The first-order valence-electron chi connectivity index (χ1n) is 9.26. The van der Waals surface area contributed by atoms with E-state index in [1.807, 2.05) is 38.1 Å². The summed E-state index contributed by atoms with van der Waals surface area (Å²) in [5.41, 5.74) is 2.82. The van der Waals surface area contributed by atoms with E-state index in [4.69, 9.17) is 4.74 Å². The Morgan fingerprint density at radius 2 is 1.85 bits per heavy atom. The van der Waals surface area contributed by atoms with Gasteiger partial charge in [-0.05, 0) is 57.2 Å². The van der Waals surface area contributed by atoms with E-state index in [1.54, 1.807) is 0 Å². The number of carbonyl (C=O) groups is 2. The van der Waals surface area contributed by atoms with Crippen LogP contribution >= 0.6 is 23.1 Å². The van der Waals surface area contributed by atoms with E-state index in [1.165, 1.54) is 47.1 Å². The third-order valence-corrected chi connectivity index (χ3v) is 7.07. The Labute approximate surface area is 168 Å². The van der Waals surface area contributed by atoms with Crippen LogP contribution in [0, 0.1) is 6.92 Å². The molecule has 0 saturated carbocycles. The summed E-state index contributed by atoms with van der Waals surface area (Å²) in [7, 11) is 1.39. The number of benzene rings is 1. The summed E-state index contributed by atoms with van der Waals surface area (Å²) in [6, 6.07) is 8.13. The number of aryl methyl sites for hydroxylation is 2. The van der Waals surface area contributed by atoms with Gasteiger partial charge in [-0.1, -0.05) is 24.1 Å². The Bertz CT molecular complexity index is 827. The third kappa shape index (κ3) is 4.74. The van der Waals surface area contributed by atoms with Gasteiger partial charge in [0, 0.05) is 9.77 Å². The van der Waals surface area contributed by atoms with Crippen LogP contribution in [-0.4, -0.2) is 24.2 Å². The quantitative estimate of drug-likeness (QED) is 0.422. The summed E-state index contributed by atoms with van der Waals surface area (Å²) in [6.45, 7) is 3.93. The van der Waals surface area contributed by atoms with Gasteiger partial charge in [0.2, 0.25) is 5.91 Å². The SMILES string of the molecule is COC(=O)c1c(NC(=O)C(C)Sc2ccc(C)cc2)sc2c1CCCCC2. The molecule has 0 spiro atoms. The van der Waals surface area contributed by atoms with Gasteiger partial charge in [-0.2, -0.15) is 0 Å². The Hall–Kier alpha value is -1.79. The number of thiophene rings is 1. The number of nitrogens with one attached hydrogen (secondary N) is 1. The lowest BCUT2D eigenvalue weighted by atomic mass is 10.1. The molecule has 144 valence electrons. The van der Waals surface area contributed by atoms with Crippen LogP contribution in [0.15, 0.2) is 29.2 Å². The van der Waals surface area contributed by atoms with Gasteiger partial charge in [-0.15, -0.1) is 23.1 Å². The van der Waals surface area contributed by atoms with Gasteiger partial charge in [-0.3, -0.25) is 4.79 Å². The van der Waals surface area contributed by atoms with Crippen molar-refractivity contribution in [2.75, 3.05) is 12.4 Å². The van der Waals surface area contributed by atoms with Crippen LogP contribution in [-0.2, 0) is 22.4 Å². The molecule has 1 aromatic carbocycles. The molecule has 3 rings (SSSR count). The summed E-state index contributed by atoms with van der Waals surface area (Å²) < 4.78 is 5.00. The Balaban J connectivity index is 1.78. The molecule has 0 fully saturated rings. The third-order valence-electron chi connectivity index (χ3n) is 4.75. The fourth-order valence-electron chi connectivity index (χ4n) is 3.24. The average molecular weight is 404 g/mol. The largest absolute Gasteiger partial charge is 0.465 e. The van der Waals surface area contributed by atoms with E-state index < -0.39 is 0 Å². The lowest BCUT2D eigenvalue weighted by Gasteiger charge is -2.12. The van der Waals surface area contributed by atoms with Crippen molar-refractivity contribution in [3.8, 4) is 0 Å². The van der Waals surface area contributed by atoms with E-state index in [-0.39, 0.29) is 17.1 Å². The lowest BCUT2D eigenvalue weighted by molar-refractivity contribution is -0.115. The number of hydrogen-bond donors (Lipinski definition) is 1. The van der Waals surface area contributed by atoms with Crippen molar-refractivity contribution in [2.45, 2.75) is 56.1 Å². The molecule has 1 heterocycles. The van der Waals surface area contributed by atoms with Crippen LogP contribution in [0.2, 0.25) is 0 Å². The van der Waals surface area contributed by atoms with Gasteiger partial charge in [0.25, 0.3) is 0 Å². The molecule has 1 aliphatic rings.